The summed E-state index contributed by atoms with van der Waals surface area (Å²) in [4.78, 5) is 24.2. The monoisotopic (exact) mass is 252 g/mol. The molecule has 1 atom stereocenters. The number of nitrogens with zero attached hydrogens (tertiary/aromatic N) is 1. The van der Waals surface area contributed by atoms with Crippen LogP contribution >= 0.6 is 0 Å². The number of carbonyl (C=O) groups excluding carboxylic acids is 1. The van der Waals surface area contributed by atoms with E-state index in [1.54, 1.807) is 0 Å². The minimum Gasteiger partial charge on any atom is -0.351 e. The third-order valence-corrected chi connectivity index (χ3v) is 3.06. The summed E-state index contributed by atoms with van der Waals surface area (Å²) in [5.41, 5.74) is 0.124. The van der Waals surface area contributed by atoms with E-state index in [1.165, 1.54) is 18.7 Å². The van der Waals surface area contributed by atoms with Gasteiger partial charge in [0.2, 0.25) is 0 Å². The Kier molecular flexibility index (Phi) is 3.93. The highest BCUT2D eigenvalue weighted by Gasteiger charge is 2.16. The van der Waals surface area contributed by atoms with Gasteiger partial charge in [-0.3, -0.25) is 14.9 Å². The first-order valence-corrected chi connectivity index (χ1v) is 6.01. The number of nitro groups is 1. The van der Waals surface area contributed by atoms with Crippen LogP contribution in [0.1, 0.15) is 29.8 Å². The molecule has 0 spiro atoms. The Balaban J connectivity index is 1.77. The highest BCUT2D eigenvalue weighted by atomic mass is 16.6. The van der Waals surface area contributed by atoms with Gasteiger partial charge in [-0.05, 0) is 25.8 Å². The molecule has 0 aliphatic carbocycles. The number of nitrogens with one attached hydrogen (secondary N) is 3. The maximum absolute atomic E-state index is 11.7. The number of hydrogen-bond donors (Lipinski definition) is 3. The van der Waals surface area contributed by atoms with Gasteiger partial charge in [-0.25, -0.2) is 0 Å². The fourth-order valence-electron chi connectivity index (χ4n) is 2.08. The van der Waals surface area contributed by atoms with Crippen LogP contribution in [0.5, 0.6) is 0 Å². The summed E-state index contributed by atoms with van der Waals surface area (Å²) in [6, 6.07) is 1.71. The second-order valence-electron chi connectivity index (χ2n) is 4.37. The average Bonchev–Trinajstić information content (AvgIpc) is 2.99. The van der Waals surface area contributed by atoms with Crippen LogP contribution in [0.3, 0.4) is 0 Å². The van der Waals surface area contributed by atoms with Gasteiger partial charge in [-0.2, -0.15) is 0 Å². The lowest BCUT2D eigenvalue weighted by Gasteiger charge is -2.09. The van der Waals surface area contributed by atoms with E-state index in [2.05, 4.69) is 15.6 Å². The van der Waals surface area contributed by atoms with Crippen molar-refractivity contribution in [2.45, 2.75) is 25.3 Å². The maximum atomic E-state index is 11.7. The van der Waals surface area contributed by atoms with Crippen molar-refractivity contribution in [3.05, 3.63) is 28.1 Å². The molecule has 7 heteroatoms. The molecule has 0 bridgehead atoms. The first-order valence-electron chi connectivity index (χ1n) is 6.01. The molecule has 1 fully saturated rings. The molecule has 3 N–H and O–H groups in total. The van der Waals surface area contributed by atoms with E-state index in [1.807, 2.05) is 0 Å². The van der Waals surface area contributed by atoms with E-state index in [0.717, 1.165) is 19.4 Å². The summed E-state index contributed by atoms with van der Waals surface area (Å²) in [6.45, 7) is 1.62. The molecule has 1 amide bonds. The minimum atomic E-state index is -0.532. The van der Waals surface area contributed by atoms with Crippen molar-refractivity contribution in [1.82, 2.24) is 15.6 Å². The molecule has 1 aromatic rings. The Labute approximate surface area is 104 Å². The number of H-pyrrole nitrogens is 1. The topological polar surface area (TPSA) is 100 Å². The molecule has 1 aromatic heterocycles. The first-order chi connectivity index (χ1) is 8.66. The molecule has 0 radical (unpaired) electrons. The summed E-state index contributed by atoms with van der Waals surface area (Å²) in [5.74, 6) is -0.305. The molecule has 0 saturated carbocycles. The predicted molar refractivity (Wildman–Crippen MR) is 65.4 cm³/mol. The Morgan fingerprint density at radius 3 is 3.06 bits per heavy atom. The Morgan fingerprint density at radius 1 is 1.61 bits per heavy atom. The van der Waals surface area contributed by atoms with E-state index < -0.39 is 4.92 Å². The van der Waals surface area contributed by atoms with Crippen molar-refractivity contribution in [2.75, 3.05) is 13.1 Å². The fraction of sp³-hybridized carbons (Fsp3) is 0.545. The molecule has 7 nitrogen and oxygen atoms in total. The van der Waals surface area contributed by atoms with Gasteiger partial charge in [-0.15, -0.1) is 0 Å². The van der Waals surface area contributed by atoms with E-state index in [4.69, 9.17) is 0 Å². The van der Waals surface area contributed by atoms with Crippen molar-refractivity contribution in [1.29, 1.82) is 0 Å². The van der Waals surface area contributed by atoms with Crippen LogP contribution in [0.4, 0.5) is 5.69 Å². The van der Waals surface area contributed by atoms with Gasteiger partial charge in [0.25, 0.3) is 11.6 Å². The van der Waals surface area contributed by atoms with Crippen molar-refractivity contribution < 1.29 is 9.72 Å². The third kappa shape index (κ3) is 3.07. The molecule has 1 aliphatic rings. The molecule has 0 unspecified atom stereocenters. The largest absolute Gasteiger partial charge is 0.351 e. The van der Waals surface area contributed by atoms with E-state index in [9.17, 15) is 14.9 Å². The lowest BCUT2D eigenvalue weighted by Crippen LogP contribution is -2.30. The Hall–Kier alpha value is -1.89. The Morgan fingerprint density at radius 2 is 2.44 bits per heavy atom. The second kappa shape index (κ2) is 5.63. The lowest BCUT2D eigenvalue weighted by atomic mass is 10.1. The first kappa shape index (κ1) is 12.6. The van der Waals surface area contributed by atoms with Gasteiger partial charge in [-0.1, -0.05) is 0 Å². The molecule has 1 aliphatic heterocycles. The zero-order valence-corrected chi connectivity index (χ0v) is 9.94. The highest BCUT2D eigenvalue weighted by molar-refractivity contribution is 5.93. The van der Waals surface area contributed by atoms with E-state index in [0.29, 0.717) is 12.6 Å². The van der Waals surface area contributed by atoms with Gasteiger partial charge in [0.15, 0.2) is 0 Å². The third-order valence-electron chi connectivity index (χ3n) is 3.06. The smallest absolute Gasteiger partial charge is 0.287 e. The molecule has 18 heavy (non-hydrogen) atoms. The summed E-state index contributed by atoms with van der Waals surface area (Å²) in [5, 5.41) is 16.6. The highest BCUT2D eigenvalue weighted by Crippen LogP contribution is 2.12. The zero-order chi connectivity index (χ0) is 13.0. The molecular weight excluding hydrogens is 236 g/mol. The molecule has 2 rings (SSSR count). The van der Waals surface area contributed by atoms with Crippen LogP contribution in [-0.4, -0.2) is 34.9 Å². The van der Waals surface area contributed by atoms with Gasteiger partial charge in [0, 0.05) is 18.7 Å². The predicted octanol–water partition coefficient (Wildman–Crippen LogP) is 0.795. The zero-order valence-electron chi connectivity index (χ0n) is 9.94. The summed E-state index contributed by atoms with van der Waals surface area (Å²) in [7, 11) is 0. The maximum Gasteiger partial charge on any atom is 0.287 e. The van der Waals surface area contributed by atoms with Crippen molar-refractivity contribution in [3.63, 3.8) is 0 Å². The summed E-state index contributed by atoms with van der Waals surface area (Å²) < 4.78 is 0. The number of aromatic amines is 1. The summed E-state index contributed by atoms with van der Waals surface area (Å²) >= 11 is 0. The number of aromatic nitrogens is 1. The van der Waals surface area contributed by atoms with Crippen LogP contribution in [-0.2, 0) is 0 Å². The lowest BCUT2D eigenvalue weighted by molar-refractivity contribution is -0.384. The van der Waals surface area contributed by atoms with E-state index in [-0.39, 0.29) is 17.3 Å². The van der Waals surface area contributed by atoms with Crippen molar-refractivity contribution >= 4 is 11.6 Å². The van der Waals surface area contributed by atoms with Gasteiger partial charge in [0.1, 0.15) is 5.69 Å². The van der Waals surface area contributed by atoms with Crippen LogP contribution in [0.25, 0.3) is 0 Å². The fourth-order valence-corrected chi connectivity index (χ4v) is 2.08. The van der Waals surface area contributed by atoms with Crippen molar-refractivity contribution in [3.8, 4) is 0 Å². The average molecular weight is 252 g/mol. The molecule has 1 saturated heterocycles. The number of rotatable bonds is 5. The van der Waals surface area contributed by atoms with Gasteiger partial charge in [0.05, 0.1) is 11.1 Å². The van der Waals surface area contributed by atoms with Gasteiger partial charge >= 0.3 is 0 Å². The molecule has 2 heterocycles. The van der Waals surface area contributed by atoms with Gasteiger partial charge < -0.3 is 15.6 Å². The Bertz CT molecular complexity index is 437. The SMILES string of the molecule is O=C(NCC[C@@H]1CCCN1)c1cc([N+](=O)[O-])c[nH]1. The van der Waals surface area contributed by atoms with Crippen LogP contribution < -0.4 is 10.6 Å². The quantitative estimate of drug-likeness (QED) is 0.533. The normalized spacial score (nSPS) is 18.8. The number of hydrogen-bond acceptors (Lipinski definition) is 4. The molecule has 98 valence electrons. The van der Waals surface area contributed by atoms with Crippen LogP contribution in [0, 0.1) is 10.1 Å². The number of carbonyl (C=O) groups is 1. The van der Waals surface area contributed by atoms with E-state index >= 15 is 0 Å². The second-order valence-corrected chi connectivity index (χ2v) is 4.37. The standard InChI is InChI=1S/C11H16N4O3/c16-11(10-6-9(7-14-10)15(17)18)13-5-3-8-2-1-4-12-8/h6-8,12,14H,1-5H2,(H,13,16)/t8-/m0/s1. The van der Waals surface area contributed by atoms with Crippen LogP contribution in [0.15, 0.2) is 12.3 Å². The minimum absolute atomic E-state index is 0.0994. The van der Waals surface area contributed by atoms with Crippen molar-refractivity contribution in [2.24, 2.45) is 0 Å². The summed E-state index contributed by atoms with van der Waals surface area (Å²) in [6.07, 6.45) is 4.42. The van der Waals surface area contributed by atoms with Crippen LogP contribution in [0.2, 0.25) is 0 Å². The number of amides is 1. The molecular formula is C11H16N4O3. The molecule has 0 aromatic carbocycles.